The number of ketones is 2. The first-order valence-electron chi connectivity index (χ1n) is 15.2. The maximum absolute atomic E-state index is 14.0. The molecule has 0 aliphatic carbocycles. The quantitative estimate of drug-likeness (QED) is 0.325. The normalized spacial score (nSPS) is 48.1. The Bertz CT molecular complexity index is 1100. The monoisotopic (exact) mass is 649 g/mol. The van der Waals surface area contributed by atoms with Gasteiger partial charge in [-0.2, -0.15) is 4.21 Å². The van der Waals surface area contributed by atoms with Crippen LogP contribution in [0.1, 0.15) is 74.7 Å². The van der Waals surface area contributed by atoms with Crippen molar-refractivity contribution < 1.29 is 56.1 Å². The maximum Gasteiger partial charge on any atom is 0.316 e. The van der Waals surface area contributed by atoms with Crippen molar-refractivity contribution in [1.82, 2.24) is 4.90 Å². The lowest BCUT2D eigenvalue weighted by Crippen LogP contribution is -2.63. The molecule has 3 fully saturated rings. The molecule has 0 saturated carbocycles. The third kappa shape index (κ3) is 6.98. The third-order valence-corrected chi connectivity index (χ3v) is 10.5. The number of cyclic esters (lactones) is 1. The zero-order valence-electron chi connectivity index (χ0n) is 27.7. The van der Waals surface area contributed by atoms with Crippen LogP contribution in [-0.4, -0.2) is 118 Å². The molecule has 3 saturated heterocycles. The first-order chi connectivity index (χ1) is 20.2. The van der Waals surface area contributed by atoms with Crippen molar-refractivity contribution in [3.63, 3.8) is 0 Å². The van der Waals surface area contributed by atoms with Crippen molar-refractivity contribution in [1.29, 1.82) is 0 Å². The van der Waals surface area contributed by atoms with Crippen LogP contribution in [0.25, 0.3) is 0 Å². The van der Waals surface area contributed by atoms with Crippen molar-refractivity contribution >= 4 is 28.9 Å². The zero-order valence-corrected chi connectivity index (χ0v) is 28.5. The second-order valence-electron chi connectivity index (χ2n) is 13.5. The fourth-order valence-corrected chi connectivity index (χ4v) is 8.06. The van der Waals surface area contributed by atoms with E-state index in [2.05, 4.69) is 0 Å². The molecule has 2 N–H and O–H groups in total. The molecule has 0 bridgehead atoms. The molecule has 0 aromatic carbocycles. The molecular weight excluding hydrogens is 598 g/mol. The Morgan fingerprint density at radius 3 is 2.25 bits per heavy atom. The number of likely N-dealkylation sites (N-methyl/N-ethyl adjacent to an activating group) is 1. The van der Waals surface area contributed by atoms with Crippen LogP contribution in [0, 0.1) is 17.8 Å². The molecule has 3 aliphatic heterocycles. The summed E-state index contributed by atoms with van der Waals surface area (Å²) >= 11 is -2.35. The molecule has 1 unspecified atom stereocenters. The van der Waals surface area contributed by atoms with Crippen LogP contribution < -0.4 is 0 Å². The van der Waals surface area contributed by atoms with Crippen molar-refractivity contribution in [3.05, 3.63) is 0 Å². The van der Waals surface area contributed by atoms with Gasteiger partial charge in [-0.05, 0) is 68.0 Å². The van der Waals surface area contributed by atoms with Gasteiger partial charge in [-0.15, -0.1) is 0 Å². The molecule has 0 aromatic rings. The van der Waals surface area contributed by atoms with Crippen LogP contribution >= 0.6 is 0 Å². The summed E-state index contributed by atoms with van der Waals surface area (Å²) in [5, 5.41) is 22.9. The first-order valence-corrected chi connectivity index (χ1v) is 16.2. The van der Waals surface area contributed by atoms with Gasteiger partial charge in [0, 0.05) is 25.0 Å². The number of methoxy groups -OCH3 is 1. The highest BCUT2D eigenvalue weighted by Gasteiger charge is 2.63. The molecule has 254 valence electrons. The van der Waals surface area contributed by atoms with E-state index in [1.54, 1.807) is 27.7 Å². The van der Waals surface area contributed by atoms with Gasteiger partial charge in [0.05, 0.1) is 17.8 Å². The molecule has 0 radical (unpaired) electrons. The summed E-state index contributed by atoms with van der Waals surface area (Å²) < 4.78 is 47.7. The van der Waals surface area contributed by atoms with Gasteiger partial charge in [0.2, 0.25) is 0 Å². The fourth-order valence-electron chi connectivity index (χ4n) is 7.00. The molecule has 44 heavy (non-hydrogen) atoms. The third-order valence-electron chi connectivity index (χ3n) is 9.69. The number of carbonyl (C=O) groups is 3. The summed E-state index contributed by atoms with van der Waals surface area (Å²) in [5.41, 5.74) is -5.28. The molecule has 14 heteroatoms. The van der Waals surface area contributed by atoms with E-state index < -0.39 is 94.2 Å². The van der Waals surface area contributed by atoms with Crippen molar-refractivity contribution in [2.45, 2.75) is 134 Å². The highest BCUT2D eigenvalue weighted by atomic mass is 32.2. The van der Waals surface area contributed by atoms with Crippen LogP contribution in [0.3, 0.4) is 0 Å². The van der Waals surface area contributed by atoms with Gasteiger partial charge < -0.3 is 34.1 Å². The van der Waals surface area contributed by atoms with Gasteiger partial charge in [0.1, 0.15) is 24.2 Å². The van der Waals surface area contributed by atoms with Gasteiger partial charge in [-0.25, -0.2) is 0 Å². The van der Waals surface area contributed by atoms with Gasteiger partial charge in [0.15, 0.2) is 29.1 Å². The first kappa shape index (κ1) is 37.1. The highest BCUT2D eigenvalue weighted by Crippen LogP contribution is 2.43. The Morgan fingerprint density at radius 1 is 1.09 bits per heavy atom. The molecule has 13 nitrogen and oxygen atoms in total. The summed E-state index contributed by atoms with van der Waals surface area (Å²) in [6.07, 6.45) is -5.58. The maximum atomic E-state index is 14.0. The molecule has 3 aliphatic rings. The summed E-state index contributed by atoms with van der Waals surface area (Å²) in [6, 6.07) is -0.300. The van der Waals surface area contributed by atoms with Crippen molar-refractivity contribution in [3.8, 4) is 0 Å². The Kier molecular flexibility index (Phi) is 11.6. The van der Waals surface area contributed by atoms with Crippen molar-refractivity contribution in [2.75, 3.05) is 21.2 Å². The van der Waals surface area contributed by atoms with Crippen LogP contribution in [0.15, 0.2) is 0 Å². The lowest BCUT2D eigenvalue weighted by molar-refractivity contribution is -0.295. The molecule has 0 aromatic heterocycles. The van der Waals surface area contributed by atoms with E-state index in [1.807, 2.05) is 25.9 Å². The number of esters is 1. The van der Waals surface area contributed by atoms with E-state index in [9.17, 15) is 28.8 Å². The minimum atomic E-state index is -2.35. The molecule has 14 atom stereocenters. The lowest BCUT2D eigenvalue weighted by atomic mass is 9.72. The molecular formula is C30H51NO12S. The summed E-state index contributed by atoms with van der Waals surface area (Å²) in [4.78, 5) is 43.2. The predicted octanol–water partition coefficient (Wildman–Crippen LogP) is 1.48. The van der Waals surface area contributed by atoms with Gasteiger partial charge >= 0.3 is 17.3 Å². The second-order valence-corrected chi connectivity index (χ2v) is 14.2. The van der Waals surface area contributed by atoms with E-state index >= 15 is 0 Å². The van der Waals surface area contributed by atoms with E-state index in [4.69, 9.17) is 27.3 Å². The van der Waals surface area contributed by atoms with Gasteiger partial charge in [0.25, 0.3) is 0 Å². The van der Waals surface area contributed by atoms with Gasteiger partial charge in [-0.3, -0.25) is 22.7 Å². The SMILES string of the molecule is CC[C@H]1OC(=O)[C@H](C)C(=O)[C@H](C)[C@@H](O[C@@H]2O[C@H](C)C[C@H](N(C)C)[C@H]2O)[C@@](C)(OC)C[C@@H](C)C(=O)[C@](C)(O)[C@@H]2OS(=O)O[C@@]21C. The number of aliphatic hydroxyl groups is 2. The van der Waals surface area contributed by atoms with Crippen LogP contribution in [-0.2, 0) is 53.1 Å². The van der Waals surface area contributed by atoms with E-state index in [1.165, 1.54) is 27.9 Å². The summed E-state index contributed by atoms with van der Waals surface area (Å²) in [5.74, 6) is -5.23. The summed E-state index contributed by atoms with van der Waals surface area (Å²) in [7, 11) is 5.09. The molecule has 3 rings (SSSR count). The fraction of sp³-hybridized carbons (Fsp3) is 0.900. The number of carbonyl (C=O) groups excluding carboxylic acids is 3. The number of hydrogen-bond donors (Lipinski definition) is 2. The number of rotatable bonds is 5. The number of Topliss-reactive ketones (excluding diaryl/α,β-unsaturated/α-hetero) is 2. The molecule has 0 spiro atoms. The van der Waals surface area contributed by atoms with Gasteiger partial charge in [-0.1, -0.05) is 20.8 Å². The smallest absolute Gasteiger partial charge is 0.316 e. The van der Waals surface area contributed by atoms with E-state index in [-0.39, 0.29) is 25.0 Å². The number of ether oxygens (including phenoxy) is 4. The van der Waals surface area contributed by atoms with E-state index in [0.717, 1.165) is 0 Å². The average molecular weight is 650 g/mol. The molecule has 3 heterocycles. The number of hydrogen-bond acceptors (Lipinski definition) is 13. The number of nitrogens with zero attached hydrogens (tertiary/aromatic N) is 1. The van der Waals surface area contributed by atoms with Crippen LogP contribution in [0.2, 0.25) is 0 Å². The topological polar surface area (TPSA) is 167 Å². The highest BCUT2D eigenvalue weighted by molar-refractivity contribution is 7.75. The number of fused-ring (bicyclic) bond motifs is 1. The van der Waals surface area contributed by atoms with Crippen LogP contribution in [0.4, 0.5) is 0 Å². The lowest BCUT2D eigenvalue weighted by Gasteiger charge is -2.47. The minimum Gasteiger partial charge on any atom is -0.459 e. The largest absolute Gasteiger partial charge is 0.459 e. The Labute approximate surface area is 263 Å². The second kappa shape index (κ2) is 13.8. The molecule has 0 amide bonds. The Morgan fingerprint density at radius 2 is 1.70 bits per heavy atom. The van der Waals surface area contributed by atoms with Crippen LogP contribution in [0.5, 0.6) is 0 Å². The Balaban J connectivity index is 2.13. The number of aliphatic hydroxyl groups excluding tert-OH is 1. The minimum absolute atomic E-state index is 0.0420. The Hall–Kier alpha value is -1.36. The predicted molar refractivity (Wildman–Crippen MR) is 158 cm³/mol. The van der Waals surface area contributed by atoms with Crippen molar-refractivity contribution in [2.24, 2.45) is 17.8 Å². The average Bonchev–Trinajstić information content (AvgIpc) is 3.28. The van der Waals surface area contributed by atoms with E-state index in [0.29, 0.717) is 6.42 Å². The zero-order chi connectivity index (χ0) is 33.5. The standard InChI is InChI=1S/C30H51NO12S/c1-12-20-30(8)27(42-44(37)43-30)29(7,36)23(34)15(2)14-28(6,38-11)24(17(4)21(32)18(5)25(35)40-20)41-26-22(33)19(31(9)10)13-16(3)39-26/h15-20,22,24,26-27,33,36H,12-14H2,1-11H3/t15-,16-,17+,18-,19+,20-,22-,24-,26+,27+,28+,29+,30-,44?/m1/s1. The summed E-state index contributed by atoms with van der Waals surface area (Å²) in [6.45, 7) is 12.5.